The van der Waals surface area contributed by atoms with Crippen LogP contribution in [0.4, 0.5) is 0 Å². The Labute approximate surface area is 109 Å². The third kappa shape index (κ3) is 3.94. The zero-order chi connectivity index (χ0) is 13.5. The zero-order valence-electron chi connectivity index (χ0n) is 9.97. The lowest BCUT2D eigenvalue weighted by Crippen LogP contribution is -2.18. The number of ketones is 1. The highest BCUT2D eigenvalue weighted by atomic mass is 35.5. The molecule has 0 N–H and O–H groups in total. The van der Waals surface area contributed by atoms with E-state index in [2.05, 4.69) is 9.72 Å². The summed E-state index contributed by atoms with van der Waals surface area (Å²) in [5, 5.41) is 0.409. The van der Waals surface area contributed by atoms with Crippen LogP contribution in [0.2, 0.25) is 5.02 Å². The predicted molar refractivity (Wildman–Crippen MR) is 66.1 cm³/mol. The smallest absolute Gasteiger partial charge is 0.341 e. The summed E-state index contributed by atoms with van der Waals surface area (Å²) in [6, 6.07) is 1.58. The first-order valence-corrected chi connectivity index (χ1v) is 5.39. The van der Waals surface area contributed by atoms with Gasteiger partial charge in [-0.1, -0.05) is 11.6 Å². The number of aromatic nitrogens is 1. The molecule has 18 heavy (non-hydrogen) atoms. The Kier molecular flexibility index (Phi) is 5.48. The fourth-order valence-electron chi connectivity index (χ4n) is 1.25. The van der Waals surface area contributed by atoms with Crippen molar-refractivity contribution in [1.29, 1.82) is 0 Å². The predicted octanol–water partition coefficient (Wildman–Crippen LogP) is 1.51. The minimum absolute atomic E-state index is 0.108. The van der Waals surface area contributed by atoms with Crippen molar-refractivity contribution in [3.8, 4) is 0 Å². The summed E-state index contributed by atoms with van der Waals surface area (Å²) in [6.45, 7) is -0.199. The van der Waals surface area contributed by atoms with Gasteiger partial charge in [-0.15, -0.1) is 0 Å². The SMILES string of the molecule is COCC(=O)C(=Cc1cncc(Cl)c1)C(=O)OC. The average Bonchev–Trinajstić information content (AvgIpc) is 2.35. The first-order valence-electron chi connectivity index (χ1n) is 5.01. The van der Waals surface area contributed by atoms with Crippen LogP contribution < -0.4 is 0 Å². The molecule has 0 spiro atoms. The lowest BCUT2D eigenvalue weighted by atomic mass is 10.1. The number of carbonyl (C=O) groups excluding carboxylic acids is 2. The van der Waals surface area contributed by atoms with Crippen molar-refractivity contribution in [3.63, 3.8) is 0 Å². The Bertz CT molecular complexity index is 485. The summed E-state index contributed by atoms with van der Waals surface area (Å²) in [5.41, 5.74) is 0.427. The molecule has 0 unspecified atom stereocenters. The molecule has 0 radical (unpaired) electrons. The van der Waals surface area contributed by atoms with E-state index in [1.807, 2.05) is 0 Å². The van der Waals surface area contributed by atoms with Crippen LogP contribution >= 0.6 is 11.6 Å². The largest absolute Gasteiger partial charge is 0.465 e. The number of methoxy groups -OCH3 is 2. The number of nitrogens with zero attached hydrogens (tertiary/aromatic N) is 1. The fraction of sp³-hybridized carbons (Fsp3) is 0.250. The first-order chi connectivity index (χ1) is 8.58. The van der Waals surface area contributed by atoms with Crippen LogP contribution in [0, 0.1) is 0 Å². The Morgan fingerprint density at radius 3 is 2.67 bits per heavy atom. The third-order valence-corrected chi connectivity index (χ3v) is 2.22. The molecule has 0 atom stereocenters. The molecule has 0 aliphatic rings. The number of pyridine rings is 1. The molecular weight excluding hydrogens is 258 g/mol. The van der Waals surface area contributed by atoms with Crippen LogP contribution in [0.25, 0.3) is 6.08 Å². The molecular formula is C12H12ClNO4. The van der Waals surface area contributed by atoms with Crippen molar-refractivity contribution in [2.24, 2.45) is 0 Å². The van der Waals surface area contributed by atoms with E-state index >= 15 is 0 Å². The molecule has 0 saturated carbocycles. The lowest BCUT2D eigenvalue weighted by Gasteiger charge is -2.04. The monoisotopic (exact) mass is 269 g/mol. The van der Waals surface area contributed by atoms with Gasteiger partial charge in [0.15, 0.2) is 5.78 Å². The van der Waals surface area contributed by atoms with Crippen LogP contribution in [0.1, 0.15) is 5.56 Å². The molecule has 6 heteroatoms. The maximum Gasteiger partial charge on any atom is 0.341 e. The third-order valence-electron chi connectivity index (χ3n) is 2.02. The number of carbonyl (C=O) groups is 2. The summed E-state index contributed by atoms with van der Waals surface area (Å²) in [4.78, 5) is 27.0. The Morgan fingerprint density at radius 2 is 2.11 bits per heavy atom. The minimum Gasteiger partial charge on any atom is -0.465 e. The quantitative estimate of drug-likeness (QED) is 0.351. The van der Waals surface area contributed by atoms with E-state index in [9.17, 15) is 9.59 Å². The molecule has 0 aliphatic carbocycles. The Hall–Kier alpha value is -1.72. The van der Waals surface area contributed by atoms with Crippen LogP contribution in [-0.2, 0) is 19.1 Å². The van der Waals surface area contributed by atoms with Crippen molar-refractivity contribution in [2.45, 2.75) is 0 Å². The second-order valence-corrected chi connectivity index (χ2v) is 3.78. The number of hydrogen-bond acceptors (Lipinski definition) is 5. The van der Waals surface area contributed by atoms with Gasteiger partial charge in [0.25, 0.3) is 0 Å². The topological polar surface area (TPSA) is 65.5 Å². The Morgan fingerprint density at radius 1 is 1.39 bits per heavy atom. The molecule has 0 bridgehead atoms. The lowest BCUT2D eigenvalue weighted by molar-refractivity contribution is -0.138. The van der Waals surface area contributed by atoms with Gasteiger partial charge in [0.1, 0.15) is 12.2 Å². The van der Waals surface area contributed by atoms with E-state index in [0.29, 0.717) is 10.6 Å². The summed E-state index contributed by atoms with van der Waals surface area (Å²) in [5.74, 6) is -1.19. The number of ether oxygens (including phenoxy) is 2. The van der Waals surface area contributed by atoms with Gasteiger partial charge in [0, 0.05) is 19.5 Å². The van der Waals surface area contributed by atoms with Crippen LogP contribution in [0.15, 0.2) is 24.0 Å². The van der Waals surface area contributed by atoms with Gasteiger partial charge in [-0.2, -0.15) is 0 Å². The highest BCUT2D eigenvalue weighted by Gasteiger charge is 2.18. The highest BCUT2D eigenvalue weighted by Crippen LogP contribution is 2.13. The van der Waals surface area contributed by atoms with Gasteiger partial charge in [0.2, 0.25) is 0 Å². The van der Waals surface area contributed by atoms with Crippen molar-refractivity contribution < 1.29 is 19.1 Å². The number of halogens is 1. The fourth-order valence-corrected chi connectivity index (χ4v) is 1.43. The number of rotatable bonds is 5. The second kappa shape index (κ2) is 6.88. The van der Waals surface area contributed by atoms with Gasteiger partial charge in [-0.25, -0.2) is 4.79 Å². The van der Waals surface area contributed by atoms with Crippen LogP contribution in [-0.4, -0.2) is 37.6 Å². The van der Waals surface area contributed by atoms with Crippen LogP contribution in [0.3, 0.4) is 0 Å². The second-order valence-electron chi connectivity index (χ2n) is 3.34. The summed E-state index contributed by atoms with van der Waals surface area (Å²) in [7, 11) is 2.57. The first kappa shape index (κ1) is 14.3. The van der Waals surface area contributed by atoms with E-state index in [1.165, 1.54) is 32.7 Å². The van der Waals surface area contributed by atoms with E-state index < -0.39 is 11.8 Å². The van der Waals surface area contributed by atoms with Gasteiger partial charge in [-0.05, 0) is 17.7 Å². The Balaban J connectivity index is 3.10. The molecule has 1 rings (SSSR count). The number of hydrogen-bond donors (Lipinski definition) is 0. The van der Waals surface area contributed by atoms with E-state index in [1.54, 1.807) is 6.07 Å². The standard InChI is InChI=1S/C12H12ClNO4/c1-17-7-11(15)10(12(16)18-2)4-8-3-9(13)6-14-5-8/h3-6H,7H2,1-2H3. The summed E-state index contributed by atoms with van der Waals surface area (Å²) >= 11 is 5.76. The molecule has 5 nitrogen and oxygen atoms in total. The maximum absolute atomic E-state index is 11.7. The average molecular weight is 270 g/mol. The molecule has 1 aromatic heterocycles. The minimum atomic E-state index is -0.725. The van der Waals surface area contributed by atoms with Gasteiger partial charge in [0.05, 0.1) is 12.1 Å². The molecule has 0 aliphatic heterocycles. The molecule has 0 fully saturated rings. The molecule has 1 aromatic rings. The van der Waals surface area contributed by atoms with E-state index in [4.69, 9.17) is 16.3 Å². The van der Waals surface area contributed by atoms with Crippen molar-refractivity contribution in [2.75, 3.05) is 20.8 Å². The molecule has 0 amide bonds. The van der Waals surface area contributed by atoms with Crippen LogP contribution in [0.5, 0.6) is 0 Å². The van der Waals surface area contributed by atoms with Crippen molar-refractivity contribution in [3.05, 3.63) is 34.6 Å². The normalized spacial score (nSPS) is 11.2. The van der Waals surface area contributed by atoms with Gasteiger partial charge >= 0.3 is 5.97 Å². The molecule has 1 heterocycles. The van der Waals surface area contributed by atoms with Crippen molar-refractivity contribution >= 4 is 29.4 Å². The van der Waals surface area contributed by atoms with Crippen molar-refractivity contribution in [1.82, 2.24) is 4.98 Å². The van der Waals surface area contributed by atoms with E-state index in [-0.39, 0.29) is 12.2 Å². The number of Topliss-reactive ketones (excluding diaryl/α,β-unsaturated/α-hetero) is 1. The zero-order valence-corrected chi connectivity index (χ0v) is 10.7. The summed E-state index contributed by atoms with van der Waals surface area (Å²) in [6.07, 6.45) is 4.30. The summed E-state index contributed by atoms with van der Waals surface area (Å²) < 4.78 is 9.25. The van der Waals surface area contributed by atoms with Gasteiger partial charge < -0.3 is 9.47 Å². The maximum atomic E-state index is 11.7. The molecule has 0 saturated heterocycles. The molecule has 96 valence electrons. The molecule has 0 aromatic carbocycles. The highest BCUT2D eigenvalue weighted by molar-refractivity contribution is 6.30. The number of esters is 1. The van der Waals surface area contributed by atoms with Gasteiger partial charge in [-0.3, -0.25) is 9.78 Å². The van der Waals surface area contributed by atoms with E-state index in [0.717, 1.165) is 0 Å².